The molecule has 0 saturated heterocycles. The van der Waals surface area contributed by atoms with Crippen molar-refractivity contribution in [3.8, 4) is 0 Å². The van der Waals surface area contributed by atoms with Gasteiger partial charge in [-0.15, -0.1) is 0 Å². The fraction of sp³-hybridized carbons (Fsp3) is 0.0714. The molecule has 7 heteroatoms. The maximum atomic E-state index is 12.9. The number of aromatic nitrogens is 2. The van der Waals surface area contributed by atoms with E-state index in [2.05, 4.69) is 36.8 Å². The van der Waals surface area contributed by atoms with Gasteiger partial charge in [-0.3, -0.25) is 0 Å². The highest BCUT2D eigenvalue weighted by atomic mass is 79.9. The number of nitrogens with zero attached hydrogens (tertiary/aromatic N) is 2. The van der Waals surface area contributed by atoms with E-state index in [0.29, 0.717) is 16.7 Å². The first-order valence-electron chi connectivity index (χ1n) is 6.07. The van der Waals surface area contributed by atoms with Gasteiger partial charge in [0.2, 0.25) is 0 Å². The van der Waals surface area contributed by atoms with Crippen LogP contribution in [-0.4, -0.2) is 17.4 Å². The minimum absolute atomic E-state index is 0.238. The fourth-order valence-electron chi connectivity index (χ4n) is 2.17. The SMILES string of the molecule is O=S(=O)(c1ccccc1)n1c(CBr)c(Br)c2cccnc21. The topological polar surface area (TPSA) is 52.0 Å². The second kappa shape index (κ2) is 5.55. The lowest BCUT2D eigenvalue weighted by molar-refractivity contribution is 0.587. The van der Waals surface area contributed by atoms with Crippen molar-refractivity contribution in [2.75, 3.05) is 0 Å². The molecule has 0 unspecified atom stereocenters. The summed E-state index contributed by atoms with van der Waals surface area (Å²) in [6.45, 7) is 0. The van der Waals surface area contributed by atoms with Crippen LogP contribution in [-0.2, 0) is 15.4 Å². The van der Waals surface area contributed by atoms with Crippen LogP contribution in [0.15, 0.2) is 58.0 Å². The largest absolute Gasteiger partial charge is 0.269 e. The number of benzene rings is 1. The van der Waals surface area contributed by atoms with Gasteiger partial charge < -0.3 is 0 Å². The summed E-state index contributed by atoms with van der Waals surface area (Å²) in [6.07, 6.45) is 1.59. The lowest BCUT2D eigenvalue weighted by Gasteiger charge is -2.10. The van der Waals surface area contributed by atoms with Crippen LogP contribution in [0.25, 0.3) is 11.0 Å². The molecule has 0 N–H and O–H groups in total. The van der Waals surface area contributed by atoms with Crippen molar-refractivity contribution in [3.05, 3.63) is 58.8 Å². The summed E-state index contributed by atoms with van der Waals surface area (Å²) < 4.78 is 27.9. The summed E-state index contributed by atoms with van der Waals surface area (Å²) in [5.74, 6) is 0. The Morgan fingerprint density at radius 1 is 1.10 bits per heavy atom. The molecule has 0 radical (unpaired) electrons. The van der Waals surface area contributed by atoms with Gasteiger partial charge in [-0.2, -0.15) is 0 Å². The van der Waals surface area contributed by atoms with Gasteiger partial charge in [0, 0.05) is 16.9 Å². The van der Waals surface area contributed by atoms with E-state index in [1.807, 2.05) is 6.07 Å². The van der Waals surface area contributed by atoms with Crippen molar-refractivity contribution < 1.29 is 8.42 Å². The van der Waals surface area contributed by atoms with Crippen LogP contribution < -0.4 is 0 Å². The average Bonchev–Trinajstić information content (AvgIpc) is 2.81. The molecule has 0 bridgehead atoms. The summed E-state index contributed by atoms with van der Waals surface area (Å²) in [4.78, 5) is 4.47. The Labute approximate surface area is 139 Å². The van der Waals surface area contributed by atoms with Crippen molar-refractivity contribution in [1.82, 2.24) is 8.96 Å². The molecule has 2 aromatic heterocycles. The molecule has 0 fully saturated rings. The van der Waals surface area contributed by atoms with Gasteiger partial charge in [0.25, 0.3) is 10.0 Å². The van der Waals surface area contributed by atoms with E-state index in [9.17, 15) is 8.42 Å². The summed E-state index contributed by atoms with van der Waals surface area (Å²) in [5, 5.41) is 1.17. The van der Waals surface area contributed by atoms with Crippen LogP contribution in [0.1, 0.15) is 5.69 Å². The highest BCUT2D eigenvalue weighted by Gasteiger charge is 2.26. The van der Waals surface area contributed by atoms with Gasteiger partial charge in [0.15, 0.2) is 5.65 Å². The molecule has 0 amide bonds. The van der Waals surface area contributed by atoms with E-state index in [1.54, 1.807) is 42.6 Å². The molecule has 3 rings (SSSR count). The second-order valence-electron chi connectivity index (χ2n) is 4.35. The summed E-state index contributed by atoms with van der Waals surface area (Å²) in [6, 6.07) is 12.0. The zero-order chi connectivity index (χ0) is 15.0. The predicted octanol–water partition coefficient (Wildman–Crippen LogP) is 3.93. The van der Waals surface area contributed by atoms with Crippen LogP contribution in [0, 0.1) is 0 Å². The lowest BCUT2D eigenvalue weighted by Crippen LogP contribution is -2.15. The van der Waals surface area contributed by atoms with Gasteiger partial charge in [0.05, 0.1) is 15.1 Å². The lowest BCUT2D eigenvalue weighted by atomic mass is 10.3. The van der Waals surface area contributed by atoms with Crippen molar-refractivity contribution >= 4 is 52.9 Å². The third-order valence-corrected chi connectivity index (χ3v) is 6.28. The molecule has 21 heavy (non-hydrogen) atoms. The first kappa shape index (κ1) is 14.7. The van der Waals surface area contributed by atoms with Gasteiger partial charge in [-0.25, -0.2) is 17.4 Å². The number of hydrogen-bond donors (Lipinski definition) is 0. The van der Waals surface area contributed by atoms with Gasteiger partial charge in [-0.05, 0) is 40.2 Å². The molecule has 4 nitrogen and oxygen atoms in total. The molecule has 0 aliphatic rings. The second-order valence-corrected chi connectivity index (χ2v) is 7.49. The normalized spacial score (nSPS) is 11.9. The summed E-state index contributed by atoms with van der Waals surface area (Å²) >= 11 is 6.83. The number of halogens is 2. The molecule has 0 atom stereocenters. The zero-order valence-electron chi connectivity index (χ0n) is 10.7. The molecule has 108 valence electrons. The monoisotopic (exact) mass is 428 g/mol. The Morgan fingerprint density at radius 2 is 1.81 bits per heavy atom. The highest BCUT2D eigenvalue weighted by molar-refractivity contribution is 9.11. The molecular formula is C14H10Br2N2O2S. The molecule has 3 aromatic rings. The molecule has 0 aliphatic heterocycles. The van der Waals surface area contributed by atoms with Crippen molar-refractivity contribution in [1.29, 1.82) is 0 Å². The predicted molar refractivity (Wildman–Crippen MR) is 89.1 cm³/mol. The van der Waals surface area contributed by atoms with Crippen molar-refractivity contribution in [2.24, 2.45) is 0 Å². The summed E-state index contributed by atoms with van der Waals surface area (Å²) in [5.41, 5.74) is 1.04. The number of pyridine rings is 1. The standard InChI is InChI=1S/C14H10Br2N2O2S/c15-9-12-13(16)11-7-4-8-17-14(11)18(12)21(19,20)10-5-2-1-3-6-10/h1-8H,9H2. The quantitative estimate of drug-likeness (QED) is 0.592. The number of alkyl halides is 1. The average molecular weight is 430 g/mol. The van der Waals surface area contributed by atoms with E-state index in [4.69, 9.17) is 0 Å². The Hall–Kier alpha value is -1.18. The van der Waals surface area contributed by atoms with E-state index < -0.39 is 10.0 Å². The highest BCUT2D eigenvalue weighted by Crippen LogP contribution is 2.34. The Kier molecular flexibility index (Phi) is 3.90. The Morgan fingerprint density at radius 3 is 2.48 bits per heavy atom. The maximum Gasteiger partial charge on any atom is 0.269 e. The molecule has 2 heterocycles. The minimum Gasteiger partial charge on any atom is -0.237 e. The van der Waals surface area contributed by atoms with E-state index >= 15 is 0 Å². The van der Waals surface area contributed by atoms with Crippen molar-refractivity contribution in [2.45, 2.75) is 10.2 Å². The van der Waals surface area contributed by atoms with E-state index in [1.165, 1.54) is 3.97 Å². The molecular weight excluding hydrogens is 420 g/mol. The number of rotatable bonds is 3. The van der Waals surface area contributed by atoms with Crippen molar-refractivity contribution in [3.63, 3.8) is 0 Å². The number of fused-ring (bicyclic) bond motifs is 1. The Balaban J connectivity index is 2.40. The first-order valence-corrected chi connectivity index (χ1v) is 9.43. The molecule has 0 saturated carbocycles. The maximum absolute atomic E-state index is 12.9. The Bertz CT molecular complexity index is 905. The van der Waals surface area contributed by atoms with Crippen LogP contribution >= 0.6 is 31.9 Å². The fourth-order valence-corrected chi connectivity index (χ4v) is 5.52. The molecule has 0 aliphatic carbocycles. The van der Waals surface area contributed by atoms with E-state index in [0.717, 1.165) is 9.86 Å². The van der Waals surface area contributed by atoms with Gasteiger partial charge >= 0.3 is 0 Å². The third kappa shape index (κ3) is 2.33. The summed E-state index contributed by atoms with van der Waals surface area (Å²) in [7, 11) is -3.69. The van der Waals surface area contributed by atoms with Gasteiger partial charge in [-0.1, -0.05) is 34.1 Å². The van der Waals surface area contributed by atoms with Gasteiger partial charge in [0.1, 0.15) is 0 Å². The zero-order valence-corrected chi connectivity index (χ0v) is 14.7. The van der Waals surface area contributed by atoms with Crippen LogP contribution in [0.4, 0.5) is 0 Å². The number of hydrogen-bond acceptors (Lipinski definition) is 3. The third-order valence-electron chi connectivity index (χ3n) is 3.12. The smallest absolute Gasteiger partial charge is 0.237 e. The minimum atomic E-state index is -3.69. The molecule has 1 aromatic carbocycles. The van der Waals surface area contributed by atoms with Crippen LogP contribution in [0.5, 0.6) is 0 Å². The van der Waals surface area contributed by atoms with Crippen LogP contribution in [0.3, 0.4) is 0 Å². The first-order chi connectivity index (χ1) is 10.1. The molecule has 0 spiro atoms. The van der Waals surface area contributed by atoms with Crippen LogP contribution in [0.2, 0.25) is 0 Å². The van der Waals surface area contributed by atoms with E-state index in [-0.39, 0.29) is 4.90 Å².